The molecule has 3 rings (SSSR count). The van der Waals surface area contributed by atoms with Crippen molar-refractivity contribution < 1.29 is 4.79 Å². The first-order valence-electron chi connectivity index (χ1n) is 9.42. The van der Waals surface area contributed by atoms with E-state index in [4.69, 9.17) is 5.26 Å². The first kappa shape index (κ1) is 21.8. The van der Waals surface area contributed by atoms with Gasteiger partial charge in [0.25, 0.3) is 5.56 Å². The Labute approximate surface area is 183 Å². The molecule has 1 amide bonds. The van der Waals surface area contributed by atoms with Crippen LogP contribution in [0.1, 0.15) is 17.5 Å². The number of nitriles is 1. The Hall–Kier alpha value is -2.89. The van der Waals surface area contributed by atoms with Crippen LogP contribution in [0.25, 0.3) is 10.2 Å². The minimum absolute atomic E-state index is 0.109. The van der Waals surface area contributed by atoms with E-state index in [1.165, 1.54) is 23.1 Å². The number of allylic oxidation sites excluding steroid dienone is 1. The summed E-state index contributed by atoms with van der Waals surface area (Å²) < 4.78 is 2.14. The molecule has 0 spiro atoms. The third-order valence-electron chi connectivity index (χ3n) is 4.72. The Morgan fingerprint density at radius 3 is 2.87 bits per heavy atom. The highest BCUT2D eigenvalue weighted by Gasteiger charge is 2.19. The molecule has 3 aromatic rings. The van der Waals surface area contributed by atoms with E-state index in [1.807, 2.05) is 37.4 Å². The molecule has 0 saturated heterocycles. The molecule has 154 valence electrons. The van der Waals surface area contributed by atoms with Gasteiger partial charge in [0.05, 0.1) is 23.8 Å². The normalized spacial score (nSPS) is 10.7. The van der Waals surface area contributed by atoms with Crippen molar-refractivity contribution in [3.8, 4) is 6.07 Å². The summed E-state index contributed by atoms with van der Waals surface area (Å²) in [6.45, 7) is 8.37. The Morgan fingerprint density at radius 2 is 2.17 bits per heavy atom. The van der Waals surface area contributed by atoms with Gasteiger partial charge in [0.1, 0.15) is 4.70 Å². The number of benzene rings is 1. The minimum Gasteiger partial charge on any atom is -0.311 e. The van der Waals surface area contributed by atoms with E-state index in [-0.39, 0.29) is 23.6 Å². The number of nitrogens with zero attached hydrogens (tertiary/aromatic N) is 4. The molecule has 0 fully saturated rings. The summed E-state index contributed by atoms with van der Waals surface area (Å²) in [7, 11) is 0. The van der Waals surface area contributed by atoms with Crippen LogP contribution in [0, 0.1) is 25.2 Å². The van der Waals surface area contributed by atoms with Crippen LogP contribution in [-0.2, 0) is 11.3 Å². The van der Waals surface area contributed by atoms with Gasteiger partial charge < -0.3 is 4.90 Å². The van der Waals surface area contributed by atoms with E-state index in [0.29, 0.717) is 28.5 Å². The molecule has 0 aliphatic rings. The molecule has 0 unspecified atom stereocenters. The average Bonchev–Trinajstić information content (AvgIpc) is 3.20. The van der Waals surface area contributed by atoms with Gasteiger partial charge in [0.15, 0.2) is 5.16 Å². The van der Waals surface area contributed by atoms with Gasteiger partial charge >= 0.3 is 0 Å². The first-order valence-corrected chi connectivity index (χ1v) is 11.3. The third kappa shape index (κ3) is 4.64. The molecule has 2 aromatic heterocycles. The number of amides is 1. The van der Waals surface area contributed by atoms with Crippen LogP contribution in [0.15, 0.2) is 52.3 Å². The summed E-state index contributed by atoms with van der Waals surface area (Å²) in [5.74, 6) is -0.0271. The van der Waals surface area contributed by atoms with Crippen molar-refractivity contribution in [2.75, 3.05) is 17.2 Å². The van der Waals surface area contributed by atoms with Crippen molar-refractivity contribution >= 4 is 44.9 Å². The summed E-state index contributed by atoms with van der Waals surface area (Å²) in [6.07, 6.45) is 1.88. The lowest BCUT2D eigenvalue weighted by atomic mass is 10.1. The molecule has 1 aromatic carbocycles. The monoisotopic (exact) mass is 438 g/mol. The van der Waals surface area contributed by atoms with Crippen molar-refractivity contribution in [1.82, 2.24) is 9.55 Å². The maximum absolute atomic E-state index is 13.0. The average molecular weight is 439 g/mol. The summed E-state index contributed by atoms with van der Waals surface area (Å²) in [6, 6.07) is 9.73. The maximum atomic E-state index is 13.0. The summed E-state index contributed by atoms with van der Waals surface area (Å²) in [5.41, 5.74) is 3.50. The van der Waals surface area contributed by atoms with Crippen molar-refractivity contribution in [1.29, 1.82) is 5.26 Å². The second kappa shape index (κ2) is 9.74. The highest BCUT2D eigenvalue weighted by molar-refractivity contribution is 7.99. The third-order valence-corrected chi connectivity index (χ3v) is 6.57. The fourth-order valence-electron chi connectivity index (χ4n) is 2.98. The van der Waals surface area contributed by atoms with Crippen LogP contribution in [-0.4, -0.2) is 27.8 Å². The largest absolute Gasteiger partial charge is 0.311 e. The second-order valence-corrected chi connectivity index (χ2v) is 8.60. The number of carbonyl (C=O) groups excluding carboxylic acids is 1. The van der Waals surface area contributed by atoms with Gasteiger partial charge in [-0.1, -0.05) is 23.9 Å². The van der Waals surface area contributed by atoms with E-state index in [1.54, 1.807) is 21.6 Å². The van der Waals surface area contributed by atoms with E-state index >= 15 is 0 Å². The van der Waals surface area contributed by atoms with E-state index in [2.05, 4.69) is 17.6 Å². The first-order chi connectivity index (χ1) is 14.5. The van der Waals surface area contributed by atoms with Crippen molar-refractivity contribution in [2.45, 2.75) is 32.0 Å². The Kier molecular flexibility index (Phi) is 7.08. The van der Waals surface area contributed by atoms with E-state index in [0.717, 1.165) is 16.8 Å². The van der Waals surface area contributed by atoms with Crippen molar-refractivity contribution in [3.63, 3.8) is 0 Å². The maximum Gasteiger partial charge on any atom is 0.272 e. The number of aryl methyl sites for hydroxylation is 2. The number of hydrogen-bond acceptors (Lipinski definition) is 6. The van der Waals surface area contributed by atoms with E-state index < -0.39 is 0 Å². The Balaban J connectivity index is 1.87. The number of rotatable bonds is 8. The molecule has 0 radical (unpaired) electrons. The number of anilines is 1. The molecular formula is C22H22N4O2S2. The van der Waals surface area contributed by atoms with Gasteiger partial charge in [-0.2, -0.15) is 5.26 Å². The quantitative estimate of drug-likeness (QED) is 0.298. The Bertz CT molecular complexity index is 1190. The lowest BCUT2D eigenvalue weighted by Crippen LogP contribution is -2.33. The smallest absolute Gasteiger partial charge is 0.272 e. The van der Waals surface area contributed by atoms with Crippen molar-refractivity contribution in [3.05, 3.63) is 63.8 Å². The lowest BCUT2D eigenvalue weighted by Gasteiger charge is -2.22. The number of aromatic nitrogens is 2. The van der Waals surface area contributed by atoms with Crippen LogP contribution in [0.3, 0.4) is 0 Å². The lowest BCUT2D eigenvalue weighted by molar-refractivity contribution is -0.116. The number of thioether (sulfide) groups is 1. The van der Waals surface area contributed by atoms with Gasteiger partial charge in [-0.05, 0) is 48.6 Å². The molecule has 0 saturated carbocycles. The van der Waals surface area contributed by atoms with Crippen molar-refractivity contribution in [2.24, 2.45) is 0 Å². The Morgan fingerprint density at radius 1 is 1.37 bits per heavy atom. The molecule has 0 aliphatic carbocycles. The van der Waals surface area contributed by atoms with Gasteiger partial charge in [0.2, 0.25) is 5.91 Å². The molecule has 0 atom stereocenters. The molecule has 2 heterocycles. The van der Waals surface area contributed by atoms with Gasteiger partial charge in [-0.25, -0.2) is 4.98 Å². The van der Waals surface area contributed by atoms with Gasteiger partial charge in [-0.3, -0.25) is 14.2 Å². The minimum atomic E-state index is -0.136. The summed E-state index contributed by atoms with van der Waals surface area (Å²) >= 11 is 2.58. The van der Waals surface area contributed by atoms with Crippen LogP contribution in [0.4, 0.5) is 5.69 Å². The number of carbonyl (C=O) groups is 1. The molecule has 0 bridgehead atoms. The van der Waals surface area contributed by atoms with Crippen LogP contribution in [0.2, 0.25) is 0 Å². The standard InChI is InChI=1S/C22H22N4O2S2/c1-4-10-26-21(28)20-18(8-12-29-20)24-22(26)30-14-19(27)25(11-5-9-23)17-7-6-15(2)16(3)13-17/h4,6-8,12-13H,1,5,10-11,14H2,2-3H3. The number of hydrogen-bond donors (Lipinski definition) is 0. The summed E-state index contributed by atoms with van der Waals surface area (Å²) in [4.78, 5) is 32.0. The topological polar surface area (TPSA) is 79.0 Å². The van der Waals surface area contributed by atoms with Gasteiger partial charge in [-0.15, -0.1) is 17.9 Å². The fraction of sp³-hybridized carbons (Fsp3) is 0.273. The molecule has 30 heavy (non-hydrogen) atoms. The fourth-order valence-corrected chi connectivity index (χ4v) is 4.64. The molecule has 6 nitrogen and oxygen atoms in total. The number of thiophene rings is 1. The zero-order valence-corrected chi connectivity index (χ0v) is 18.6. The molecule has 0 N–H and O–H groups in total. The van der Waals surface area contributed by atoms with Gasteiger partial charge in [0, 0.05) is 18.8 Å². The van der Waals surface area contributed by atoms with Crippen LogP contribution in [0.5, 0.6) is 0 Å². The molecular weight excluding hydrogens is 416 g/mol. The second-order valence-electron chi connectivity index (χ2n) is 6.74. The SMILES string of the molecule is C=CCn1c(SCC(=O)N(CCC#N)c2ccc(C)c(C)c2)nc2ccsc2c1=O. The zero-order valence-electron chi connectivity index (χ0n) is 16.9. The zero-order chi connectivity index (χ0) is 21.7. The van der Waals surface area contributed by atoms with E-state index in [9.17, 15) is 9.59 Å². The summed E-state index contributed by atoms with van der Waals surface area (Å²) in [5, 5.41) is 11.3. The molecule has 8 heteroatoms. The number of fused-ring (bicyclic) bond motifs is 1. The predicted octanol–water partition coefficient (Wildman–Crippen LogP) is 4.30. The van der Waals surface area contributed by atoms with Crippen LogP contribution >= 0.6 is 23.1 Å². The highest BCUT2D eigenvalue weighted by atomic mass is 32.2. The molecule has 0 aliphatic heterocycles. The predicted molar refractivity (Wildman–Crippen MR) is 123 cm³/mol. The highest BCUT2D eigenvalue weighted by Crippen LogP contribution is 2.24. The van der Waals surface area contributed by atoms with Crippen LogP contribution < -0.4 is 10.5 Å².